The van der Waals surface area contributed by atoms with Crippen molar-refractivity contribution in [2.24, 2.45) is 11.3 Å². The number of hydrogen-bond donors (Lipinski definition) is 1. The highest BCUT2D eigenvalue weighted by atomic mass is 32.2. The van der Waals surface area contributed by atoms with Gasteiger partial charge in [-0.25, -0.2) is 0 Å². The Hall–Kier alpha value is -0.770. The van der Waals surface area contributed by atoms with Crippen LogP contribution in [0.3, 0.4) is 0 Å². The maximum Gasteiger partial charge on any atom is 0.288 e. The topological polar surface area (TPSA) is 12.0 Å². The fraction of sp³-hybridized carbons (Fsp3) is 0.647. The van der Waals surface area contributed by atoms with Crippen LogP contribution < -0.4 is 5.32 Å². The van der Waals surface area contributed by atoms with E-state index in [1.807, 2.05) is 18.2 Å². The van der Waals surface area contributed by atoms with Crippen LogP contribution in [0.5, 0.6) is 0 Å². The number of hydrogen-bond acceptors (Lipinski definition) is 2. The summed E-state index contributed by atoms with van der Waals surface area (Å²) in [6.45, 7) is 6.83. The molecule has 1 aliphatic rings. The van der Waals surface area contributed by atoms with Gasteiger partial charge in [-0.2, -0.15) is 8.78 Å². The number of benzene rings is 1. The average Bonchev–Trinajstić information content (AvgIpc) is 2.40. The summed E-state index contributed by atoms with van der Waals surface area (Å²) in [5.41, 5.74) is 1.09. The first-order chi connectivity index (χ1) is 9.88. The lowest BCUT2D eigenvalue weighted by atomic mass is 9.69. The van der Waals surface area contributed by atoms with Crippen molar-refractivity contribution in [1.29, 1.82) is 0 Å². The van der Waals surface area contributed by atoms with E-state index in [0.717, 1.165) is 12.1 Å². The highest BCUT2D eigenvalue weighted by molar-refractivity contribution is 7.99. The van der Waals surface area contributed by atoms with Crippen molar-refractivity contribution < 1.29 is 8.78 Å². The zero-order chi connectivity index (χ0) is 15.5. The lowest BCUT2D eigenvalue weighted by molar-refractivity contribution is 0.162. The molecule has 0 aromatic heterocycles. The van der Waals surface area contributed by atoms with E-state index >= 15 is 0 Å². The van der Waals surface area contributed by atoms with Gasteiger partial charge < -0.3 is 5.32 Å². The van der Waals surface area contributed by atoms with Crippen molar-refractivity contribution in [1.82, 2.24) is 0 Å². The van der Waals surface area contributed by atoms with Crippen molar-refractivity contribution in [3.05, 3.63) is 24.3 Å². The number of halogens is 2. The van der Waals surface area contributed by atoms with Crippen LogP contribution >= 0.6 is 11.8 Å². The standard InChI is InChI=1S/C17H25F2NS/c1-17(2,3)12-8-4-5-9-13(12)20-14-10-6-7-11-15(14)21-16(18)19/h6-7,10-13,16,20H,4-5,8-9H2,1-3H3. The Bertz CT molecular complexity index is 456. The first-order valence-corrected chi connectivity index (χ1v) is 8.56. The number of anilines is 1. The van der Waals surface area contributed by atoms with E-state index in [1.165, 1.54) is 19.3 Å². The normalized spacial score (nSPS) is 23.3. The molecule has 1 fully saturated rings. The third-order valence-corrected chi connectivity index (χ3v) is 5.11. The molecule has 2 unspecified atom stereocenters. The molecule has 1 aromatic rings. The van der Waals surface area contributed by atoms with Gasteiger partial charge in [-0.1, -0.05) is 57.5 Å². The number of para-hydroxylation sites is 1. The molecule has 4 heteroatoms. The molecular weight excluding hydrogens is 288 g/mol. The van der Waals surface area contributed by atoms with Gasteiger partial charge in [-0.3, -0.25) is 0 Å². The van der Waals surface area contributed by atoms with Gasteiger partial charge in [0, 0.05) is 16.6 Å². The second-order valence-electron chi connectivity index (χ2n) is 6.88. The Morgan fingerprint density at radius 1 is 1.14 bits per heavy atom. The maximum atomic E-state index is 12.7. The van der Waals surface area contributed by atoms with E-state index in [0.29, 0.717) is 28.6 Å². The minimum atomic E-state index is -2.38. The van der Waals surface area contributed by atoms with E-state index in [1.54, 1.807) is 6.07 Å². The zero-order valence-electron chi connectivity index (χ0n) is 13.0. The Labute approximate surface area is 130 Å². The van der Waals surface area contributed by atoms with Crippen molar-refractivity contribution in [2.75, 3.05) is 5.32 Å². The molecule has 0 bridgehead atoms. The third-order valence-electron chi connectivity index (χ3n) is 4.32. The molecule has 21 heavy (non-hydrogen) atoms. The van der Waals surface area contributed by atoms with E-state index in [4.69, 9.17) is 0 Å². The largest absolute Gasteiger partial charge is 0.381 e. The van der Waals surface area contributed by atoms with Crippen LogP contribution in [0, 0.1) is 11.3 Å². The lowest BCUT2D eigenvalue weighted by Crippen LogP contribution is -2.39. The third kappa shape index (κ3) is 4.60. The van der Waals surface area contributed by atoms with E-state index in [-0.39, 0.29) is 5.41 Å². The molecule has 1 saturated carbocycles. The molecule has 0 aliphatic heterocycles. The van der Waals surface area contributed by atoms with Crippen LogP contribution in [0.4, 0.5) is 14.5 Å². The van der Waals surface area contributed by atoms with Gasteiger partial charge in [0.25, 0.3) is 5.76 Å². The van der Waals surface area contributed by atoms with Crippen molar-refractivity contribution in [3.63, 3.8) is 0 Å². The monoisotopic (exact) mass is 313 g/mol. The summed E-state index contributed by atoms with van der Waals surface area (Å²) >= 11 is 0.627. The first kappa shape index (κ1) is 16.6. The molecule has 1 nitrogen and oxygen atoms in total. The summed E-state index contributed by atoms with van der Waals surface area (Å²) in [4.78, 5) is 0.644. The number of alkyl halides is 2. The van der Waals surface area contributed by atoms with Gasteiger partial charge in [-0.15, -0.1) is 0 Å². The maximum absolute atomic E-state index is 12.7. The second-order valence-corrected chi connectivity index (χ2v) is 7.91. The van der Waals surface area contributed by atoms with Crippen LogP contribution in [0.25, 0.3) is 0 Å². The molecule has 1 N–H and O–H groups in total. The molecule has 0 heterocycles. The fourth-order valence-electron chi connectivity index (χ4n) is 3.32. The van der Waals surface area contributed by atoms with Crippen LogP contribution in [-0.2, 0) is 0 Å². The van der Waals surface area contributed by atoms with Gasteiger partial charge in [0.2, 0.25) is 0 Å². The van der Waals surface area contributed by atoms with Crippen molar-refractivity contribution in [2.45, 2.75) is 63.1 Å². The van der Waals surface area contributed by atoms with Crippen LogP contribution in [0.1, 0.15) is 46.5 Å². The van der Waals surface area contributed by atoms with E-state index in [9.17, 15) is 8.78 Å². The van der Waals surface area contributed by atoms with Crippen molar-refractivity contribution >= 4 is 17.4 Å². The summed E-state index contributed by atoms with van der Waals surface area (Å²) in [5, 5.41) is 3.56. The fourth-order valence-corrected chi connectivity index (χ4v) is 3.93. The average molecular weight is 313 g/mol. The van der Waals surface area contributed by atoms with Gasteiger partial charge >= 0.3 is 0 Å². The molecule has 118 valence electrons. The zero-order valence-corrected chi connectivity index (χ0v) is 13.9. The van der Waals surface area contributed by atoms with Crippen molar-refractivity contribution in [3.8, 4) is 0 Å². The van der Waals surface area contributed by atoms with E-state index in [2.05, 4.69) is 26.1 Å². The minimum absolute atomic E-state index is 0.239. The predicted molar refractivity (Wildman–Crippen MR) is 87.1 cm³/mol. The molecule has 2 atom stereocenters. The quantitative estimate of drug-likeness (QED) is 0.682. The first-order valence-electron chi connectivity index (χ1n) is 7.68. The van der Waals surface area contributed by atoms with Gasteiger partial charge in [0.05, 0.1) is 0 Å². The number of thioether (sulfide) groups is 1. The minimum Gasteiger partial charge on any atom is -0.381 e. The van der Waals surface area contributed by atoms with Crippen LogP contribution in [-0.4, -0.2) is 11.8 Å². The highest BCUT2D eigenvalue weighted by Crippen LogP contribution is 2.40. The molecule has 0 amide bonds. The van der Waals surface area contributed by atoms with Gasteiger partial charge in [-0.05, 0) is 36.3 Å². The van der Waals surface area contributed by atoms with E-state index < -0.39 is 5.76 Å². The van der Waals surface area contributed by atoms with Gasteiger partial charge in [0.1, 0.15) is 0 Å². The Balaban J connectivity index is 2.16. The van der Waals surface area contributed by atoms with Crippen LogP contribution in [0.2, 0.25) is 0 Å². The smallest absolute Gasteiger partial charge is 0.288 e. The summed E-state index contributed by atoms with van der Waals surface area (Å²) in [6, 6.07) is 7.79. The Kier molecular flexibility index (Phi) is 5.53. The highest BCUT2D eigenvalue weighted by Gasteiger charge is 2.34. The molecule has 2 rings (SSSR count). The predicted octanol–water partition coefficient (Wildman–Crippen LogP) is 6.02. The summed E-state index contributed by atoms with van der Waals surface area (Å²) in [7, 11) is 0. The molecule has 0 radical (unpaired) electrons. The van der Waals surface area contributed by atoms with Crippen LogP contribution in [0.15, 0.2) is 29.2 Å². The molecule has 1 aromatic carbocycles. The second kappa shape index (κ2) is 6.99. The summed E-state index contributed by atoms with van der Waals surface area (Å²) in [6.07, 6.45) is 4.82. The Morgan fingerprint density at radius 3 is 2.48 bits per heavy atom. The molecule has 0 spiro atoms. The molecule has 0 saturated heterocycles. The molecule has 1 aliphatic carbocycles. The summed E-state index contributed by atoms with van der Waals surface area (Å²) < 4.78 is 25.4. The Morgan fingerprint density at radius 2 is 1.81 bits per heavy atom. The SMILES string of the molecule is CC(C)(C)C1CCCCC1Nc1ccccc1SC(F)F. The number of rotatable bonds is 4. The molecular formula is C17H25F2NS. The lowest BCUT2D eigenvalue weighted by Gasteiger charge is -2.41. The summed E-state index contributed by atoms with van der Waals surface area (Å²) in [5.74, 6) is -1.80. The number of nitrogens with one attached hydrogen (secondary N) is 1. The van der Waals surface area contributed by atoms with Gasteiger partial charge in [0.15, 0.2) is 0 Å².